The summed E-state index contributed by atoms with van der Waals surface area (Å²) in [5, 5.41) is 22.3. The molecule has 0 saturated carbocycles. The lowest BCUT2D eigenvalue weighted by molar-refractivity contribution is 1.07. The number of benzene rings is 9. The van der Waals surface area contributed by atoms with Crippen LogP contribution in [0.5, 0.6) is 0 Å². The van der Waals surface area contributed by atoms with E-state index < -0.39 is 0 Å². The predicted octanol–water partition coefficient (Wildman–Crippen LogP) is 16.2. The van der Waals surface area contributed by atoms with Gasteiger partial charge in [0.15, 0.2) is 17.5 Å². The van der Waals surface area contributed by atoms with Gasteiger partial charge in [-0.15, -0.1) is 0 Å². The van der Waals surface area contributed by atoms with Gasteiger partial charge in [-0.3, -0.25) is 0 Å². The molecule has 0 aliphatic rings. The zero-order valence-corrected chi connectivity index (χ0v) is 40.5. The van der Waals surface area contributed by atoms with Crippen molar-refractivity contribution in [2.24, 2.45) is 0 Å². The van der Waals surface area contributed by atoms with E-state index >= 15 is 0 Å². The molecular weight excluding hydrogens is 865 g/mol. The number of aromatic nitrogens is 4. The Labute approximate surface area is 414 Å². The van der Waals surface area contributed by atoms with Gasteiger partial charge in [-0.05, 0) is 158 Å². The van der Waals surface area contributed by atoms with E-state index in [9.17, 15) is 10.5 Å². The molecule has 2 heterocycles. The maximum atomic E-state index is 10.0. The molecule has 0 atom stereocenters. The normalized spacial score (nSPS) is 11.2. The van der Waals surface area contributed by atoms with Gasteiger partial charge in [0.1, 0.15) is 0 Å². The van der Waals surface area contributed by atoms with Crippen LogP contribution in [0.3, 0.4) is 0 Å². The minimum Gasteiger partial charge on any atom is -0.308 e. The van der Waals surface area contributed by atoms with E-state index in [4.69, 9.17) is 15.0 Å². The van der Waals surface area contributed by atoms with Gasteiger partial charge in [-0.1, -0.05) is 132 Å². The van der Waals surface area contributed by atoms with E-state index in [2.05, 4.69) is 131 Å². The van der Waals surface area contributed by atoms with E-state index in [-0.39, 0.29) is 0 Å². The first-order valence-electron chi connectivity index (χ1n) is 23.9. The molecule has 0 fully saturated rings. The molecule has 71 heavy (non-hydrogen) atoms. The molecule has 11 rings (SSSR count). The number of aryl methyl sites for hydroxylation is 6. The lowest BCUT2D eigenvalue weighted by atomic mass is 9.91. The number of hydrogen-bond donors (Lipinski definition) is 0. The minimum absolute atomic E-state index is 0.512. The van der Waals surface area contributed by atoms with Crippen LogP contribution in [0.4, 0.5) is 0 Å². The Morgan fingerprint density at radius 3 is 1.07 bits per heavy atom. The highest BCUT2D eigenvalue weighted by Gasteiger charge is 2.25. The summed E-state index contributed by atoms with van der Waals surface area (Å²) in [5.74, 6) is 1.63. The maximum absolute atomic E-state index is 10.0. The van der Waals surface area contributed by atoms with Crippen LogP contribution in [0.1, 0.15) is 44.5 Å². The van der Waals surface area contributed by atoms with Gasteiger partial charge in [-0.25, -0.2) is 15.0 Å². The van der Waals surface area contributed by atoms with Crippen molar-refractivity contribution in [3.8, 4) is 96.5 Å². The monoisotopic (exact) mass is 912 g/mol. The Hall–Kier alpha value is -9.23. The number of hydrogen-bond acceptors (Lipinski definition) is 5. The second-order valence-corrected chi connectivity index (χ2v) is 18.7. The molecule has 0 spiro atoms. The average molecular weight is 913 g/mol. The Bertz CT molecular complexity index is 3690. The molecule has 9 aromatic carbocycles. The lowest BCUT2D eigenvalue weighted by Crippen LogP contribution is -2.04. The summed E-state index contributed by atoms with van der Waals surface area (Å²) in [7, 11) is 0. The van der Waals surface area contributed by atoms with Crippen LogP contribution < -0.4 is 0 Å². The van der Waals surface area contributed by atoms with Crippen molar-refractivity contribution in [2.75, 3.05) is 0 Å². The lowest BCUT2D eigenvalue weighted by Gasteiger charge is -2.21. The van der Waals surface area contributed by atoms with Crippen LogP contribution in [-0.4, -0.2) is 19.5 Å². The molecule has 0 aliphatic heterocycles. The highest BCUT2D eigenvalue weighted by atomic mass is 15.0. The third-order valence-corrected chi connectivity index (χ3v) is 13.6. The van der Waals surface area contributed by atoms with Gasteiger partial charge in [-0.2, -0.15) is 10.5 Å². The van der Waals surface area contributed by atoms with Crippen molar-refractivity contribution in [2.45, 2.75) is 41.5 Å². The highest BCUT2D eigenvalue weighted by molar-refractivity contribution is 6.13. The van der Waals surface area contributed by atoms with Crippen LogP contribution in [0.2, 0.25) is 0 Å². The third kappa shape index (κ3) is 8.12. The van der Waals surface area contributed by atoms with Crippen LogP contribution in [0, 0.1) is 64.2 Å². The van der Waals surface area contributed by atoms with Crippen LogP contribution >= 0.6 is 0 Å². The standard InChI is InChI=1S/C65H48N6/c1-39-29-41(3)60(42(4)30-39)51-25-27-58-56(33-51)57-34-52(61-43(5)31-40(2)32-44(61)6)26-28-59(57)71(58)62-54(47-21-17-45(37-66)18-22-47)35-53(36-55(62)48-23-19-46(38-67)20-24-48)65-69-63(49-13-9-7-10-14-49)68-64(70-65)50-15-11-8-12-16-50/h7-36H,1-6H3. The third-order valence-electron chi connectivity index (χ3n) is 13.6. The molecule has 11 aromatic rings. The van der Waals surface area contributed by atoms with Gasteiger partial charge in [0.25, 0.3) is 0 Å². The topological polar surface area (TPSA) is 91.2 Å². The summed E-state index contributed by atoms with van der Waals surface area (Å²) in [6.45, 7) is 13.1. The average Bonchev–Trinajstić information content (AvgIpc) is 3.70. The molecule has 2 aromatic heterocycles. The summed E-state index contributed by atoms with van der Waals surface area (Å²) in [6.07, 6.45) is 0. The number of nitrogens with zero attached hydrogens (tertiary/aromatic N) is 6. The highest BCUT2D eigenvalue weighted by Crippen LogP contribution is 2.46. The summed E-state index contributed by atoms with van der Waals surface area (Å²) >= 11 is 0. The molecule has 338 valence electrons. The Morgan fingerprint density at radius 2 is 0.704 bits per heavy atom. The van der Waals surface area contributed by atoms with E-state index in [1.807, 2.05) is 109 Å². The SMILES string of the molecule is Cc1cc(C)c(-c2ccc3c(c2)c2cc(-c4c(C)cc(C)cc4C)ccc2n3-c2c(-c3ccc(C#N)cc3)cc(-c3nc(-c4ccccc4)nc(-c4ccccc4)n3)cc2-c2ccc(C#N)cc2)c(C)c1. The summed E-state index contributed by atoms with van der Waals surface area (Å²) in [4.78, 5) is 15.5. The fraction of sp³-hybridized carbons (Fsp3) is 0.0923. The van der Waals surface area contributed by atoms with Gasteiger partial charge in [0.05, 0.1) is 40.0 Å². The van der Waals surface area contributed by atoms with Crippen molar-refractivity contribution in [1.29, 1.82) is 10.5 Å². The fourth-order valence-corrected chi connectivity index (χ4v) is 10.7. The Morgan fingerprint density at radius 1 is 0.352 bits per heavy atom. The summed E-state index contributed by atoms with van der Waals surface area (Å²) < 4.78 is 2.41. The molecule has 0 N–H and O–H groups in total. The van der Waals surface area contributed by atoms with Crippen molar-refractivity contribution >= 4 is 21.8 Å². The van der Waals surface area contributed by atoms with Gasteiger partial charge in [0.2, 0.25) is 0 Å². The van der Waals surface area contributed by atoms with E-state index in [1.165, 1.54) is 44.5 Å². The number of rotatable bonds is 8. The first kappa shape index (κ1) is 44.3. The largest absolute Gasteiger partial charge is 0.308 e. The van der Waals surface area contributed by atoms with Crippen molar-refractivity contribution < 1.29 is 0 Å². The molecular formula is C65H48N6. The van der Waals surface area contributed by atoms with Crippen molar-refractivity contribution in [3.05, 3.63) is 226 Å². The molecule has 0 radical (unpaired) electrons. The molecule has 0 unspecified atom stereocenters. The smallest absolute Gasteiger partial charge is 0.164 e. The molecule has 0 bridgehead atoms. The zero-order chi connectivity index (χ0) is 48.9. The maximum Gasteiger partial charge on any atom is 0.164 e. The number of nitriles is 2. The molecule has 6 nitrogen and oxygen atoms in total. The molecule has 0 saturated heterocycles. The van der Waals surface area contributed by atoms with Crippen LogP contribution in [0.25, 0.3) is 106 Å². The summed E-state index contributed by atoms with van der Waals surface area (Å²) in [5.41, 5.74) is 22.6. The number of fused-ring (bicyclic) bond motifs is 3. The Balaban J connectivity index is 1.27. The first-order chi connectivity index (χ1) is 34.5. The second kappa shape index (κ2) is 18.0. The Kier molecular flexibility index (Phi) is 11.2. The van der Waals surface area contributed by atoms with E-state index in [0.29, 0.717) is 28.6 Å². The van der Waals surface area contributed by atoms with Crippen molar-refractivity contribution in [3.63, 3.8) is 0 Å². The quantitative estimate of drug-likeness (QED) is 0.151. The molecule has 0 aliphatic carbocycles. The summed E-state index contributed by atoms with van der Waals surface area (Å²) in [6, 6.07) is 67.5. The van der Waals surface area contributed by atoms with Crippen LogP contribution in [0.15, 0.2) is 182 Å². The van der Waals surface area contributed by atoms with Gasteiger partial charge < -0.3 is 4.57 Å². The van der Waals surface area contributed by atoms with E-state index in [1.54, 1.807) is 0 Å². The van der Waals surface area contributed by atoms with Gasteiger partial charge >= 0.3 is 0 Å². The van der Waals surface area contributed by atoms with E-state index in [0.717, 1.165) is 77.6 Å². The zero-order valence-electron chi connectivity index (χ0n) is 40.5. The van der Waals surface area contributed by atoms with Gasteiger partial charge in [0, 0.05) is 38.6 Å². The van der Waals surface area contributed by atoms with Crippen LogP contribution in [-0.2, 0) is 0 Å². The molecule has 6 heteroatoms. The first-order valence-corrected chi connectivity index (χ1v) is 23.9. The van der Waals surface area contributed by atoms with Crippen molar-refractivity contribution in [1.82, 2.24) is 19.5 Å². The molecule has 0 amide bonds. The second-order valence-electron chi connectivity index (χ2n) is 18.7. The minimum atomic E-state index is 0.512. The predicted molar refractivity (Wildman–Crippen MR) is 290 cm³/mol. The fourth-order valence-electron chi connectivity index (χ4n) is 10.7.